The van der Waals surface area contributed by atoms with Crippen LogP contribution in [0, 0.1) is 5.82 Å². The number of benzene rings is 1. The van der Waals surface area contributed by atoms with Gasteiger partial charge in [-0.05, 0) is 31.4 Å². The maximum atomic E-state index is 13.8. The van der Waals surface area contributed by atoms with Crippen molar-refractivity contribution in [3.8, 4) is 11.3 Å². The fraction of sp³-hybridized carbons (Fsp3) is 0.353. The van der Waals surface area contributed by atoms with E-state index in [1.54, 1.807) is 6.07 Å². The Morgan fingerprint density at radius 1 is 1.21 bits per heavy atom. The summed E-state index contributed by atoms with van der Waals surface area (Å²) in [6.07, 6.45) is 3.41. The second kappa shape index (κ2) is 6.82. The Balaban J connectivity index is 2.03. The number of amides is 1. The van der Waals surface area contributed by atoms with Gasteiger partial charge in [0.05, 0.1) is 11.4 Å². The Hall–Kier alpha value is -2.70. The monoisotopic (exact) mass is 329 g/mol. The largest absolute Gasteiger partial charge is 0.396 e. The van der Waals surface area contributed by atoms with Gasteiger partial charge in [-0.3, -0.25) is 10.1 Å². The van der Waals surface area contributed by atoms with E-state index in [0.29, 0.717) is 11.3 Å². The molecule has 0 aliphatic carbocycles. The number of halogens is 1. The second-order valence-corrected chi connectivity index (χ2v) is 5.90. The Morgan fingerprint density at radius 2 is 1.96 bits per heavy atom. The molecule has 1 fully saturated rings. The standard InChI is InChI=1S/C17H20FN5O/c1-11(24)20-17-21-15(12-5-6-14(19)13(18)9-12)10-16(22-17)23-7-3-2-4-8-23/h5-6,9-10H,2-4,7-8,19H2,1H3,(H,20,21,22,24). The molecule has 126 valence electrons. The molecular weight excluding hydrogens is 309 g/mol. The van der Waals surface area contributed by atoms with Gasteiger partial charge >= 0.3 is 0 Å². The number of piperidine rings is 1. The molecular formula is C17H20FN5O. The topological polar surface area (TPSA) is 84.1 Å². The van der Waals surface area contributed by atoms with Crippen LogP contribution in [0.3, 0.4) is 0 Å². The predicted molar refractivity (Wildman–Crippen MR) is 92.2 cm³/mol. The van der Waals surface area contributed by atoms with E-state index in [2.05, 4.69) is 20.2 Å². The number of nitrogens with one attached hydrogen (secondary N) is 1. The molecule has 0 unspecified atom stereocenters. The first-order chi connectivity index (χ1) is 11.5. The molecule has 24 heavy (non-hydrogen) atoms. The Kier molecular flexibility index (Phi) is 4.59. The first kappa shape index (κ1) is 16.2. The maximum Gasteiger partial charge on any atom is 0.231 e. The summed E-state index contributed by atoms with van der Waals surface area (Å²) in [5.74, 6) is 0.213. The van der Waals surface area contributed by atoms with Gasteiger partial charge in [-0.2, -0.15) is 4.98 Å². The Morgan fingerprint density at radius 3 is 2.62 bits per heavy atom. The van der Waals surface area contributed by atoms with Crippen LogP contribution in [-0.2, 0) is 4.79 Å². The number of carbonyl (C=O) groups is 1. The molecule has 0 spiro atoms. The molecule has 6 nitrogen and oxygen atoms in total. The van der Waals surface area contributed by atoms with Gasteiger partial charge in [0.15, 0.2) is 0 Å². The zero-order valence-electron chi connectivity index (χ0n) is 13.6. The van der Waals surface area contributed by atoms with Crippen molar-refractivity contribution in [3.63, 3.8) is 0 Å². The van der Waals surface area contributed by atoms with E-state index in [1.165, 1.54) is 25.5 Å². The number of nitrogens with two attached hydrogens (primary N) is 1. The first-order valence-electron chi connectivity index (χ1n) is 8.00. The second-order valence-electron chi connectivity index (χ2n) is 5.90. The third-order valence-corrected chi connectivity index (χ3v) is 3.98. The van der Waals surface area contributed by atoms with Crippen molar-refractivity contribution >= 4 is 23.4 Å². The first-order valence-corrected chi connectivity index (χ1v) is 8.00. The van der Waals surface area contributed by atoms with E-state index in [1.807, 2.05) is 6.07 Å². The molecule has 7 heteroatoms. The number of nitrogen functional groups attached to an aromatic ring is 1. The lowest BCUT2D eigenvalue weighted by Gasteiger charge is -2.28. The summed E-state index contributed by atoms with van der Waals surface area (Å²) < 4.78 is 13.8. The van der Waals surface area contributed by atoms with Crippen LogP contribution in [0.2, 0.25) is 0 Å². The summed E-state index contributed by atoms with van der Waals surface area (Å²) in [5.41, 5.74) is 6.77. The molecule has 0 saturated carbocycles. The molecule has 0 atom stereocenters. The van der Waals surface area contributed by atoms with Crippen molar-refractivity contribution in [1.82, 2.24) is 9.97 Å². The highest BCUT2D eigenvalue weighted by Gasteiger charge is 2.16. The van der Waals surface area contributed by atoms with Crippen molar-refractivity contribution in [3.05, 3.63) is 30.1 Å². The predicted octanol–water partition coefficient (Wildman–Crippen LogP) is 2.81. The molecule has 0 bridgehead atoms. The average molecular weight is 329 g/mol. The van der Waals surface area contributed by atoms with Gasteiger partial charge in [0, 0.05) is 31.6 Å². The zero-order chi connectivity index (χ0) is 17.1. The normalized spacial score (nSPS) is 14.5. The van der Waals surface area contributed by atoms with Crippen LogP contribution in [0.1, 0.15) is 26.2 Å². The summed E-state index contributed by atoms with van der Waals surface area (Å²) >= 11 is 0. The number of aromatic nitrogens is 2. The van der Waals surface area contributed by atoms with Gasteiger partial charge in [-0.15, -0.1) is 0 Å². The molecule has 2 aromatic rings. The number of rotatable bonds is 3. The minimum atomic E-state index is -0.494. The summed E-state index contributed by atoms with van der Waals surface area (Å²) in [5, 5.41) is 2.61. The van der Waals surface area contributed by atoms with Crippen LogP contribution >= 0.6 is 0 Å². The number of anilines is 3. The minimum absolute atomic E-state index is 0.0890. The lowest BCUT2D eigenvalue weighted by atomic mass is 10.1. The molecule has 2 heterocycles. The molecule has 1 amide bonds. The molecule has 1 aromatic carbocycles. The van der Waals surface area contributed by atoms with E-state index in [0.717, 1.165) is 31.7 Å². The fourth-order valence-electron chi connectivity index (χ4n) is 2.77. The third kappa shape index (κ3) is 3.61. The zero-order valence-corrected chi connectivity index (χ0v) is 13.6. The summed E-state index contributed by atoms with van der Waals surface area (Å²) in [4.78, 5) is 22.3. The van der Waals surface area contributed by atoms with Crippen LogP contribution < -0.4 is 16.0 Å². The number of hydrogen-bond acceptors (Lipinski definition) is 5. The van der Waals surface area contributed by atoms with Crippen LogP contribution in [0.15, 0.2) is 24.3 Å². The van der Waals surface area contributed by atoms with E-state index in [-0.39, 0.29) is 17.5 Å². The lowest BCUT2D eigenvalue weighted by molar-refractivity contribution is -0.114. The van der Waals surface area contributed by atoms with E-state index >= 15 is 0 Å². The average Bonchev–Trinajstić information content (AvgIpc) is 2.57. The molecule has 1 aromatic heterocycles. The van der Waals surface area contributed by atoms with Gasteiger partial charge in [-0.25, -0.2) is 9.37 Å². The van der Waals surface area contributed by atoms with Gasteiger partial charge in [-0.1, -0.05) is 6.07 Å². The quantitative estimate of drug-likeness (QED) is 0.846. The molecule has 1 saturated heterocycles. The van der Waals surface area contributed by atoms with Crippen LogP contribution in [0.25, 0.3) is 11.3 Å². The lowest BCUT2D eigenvalue weighted by Crippen LogP contribution is -2.30. The van der Waals surface area contributed by atoms with Crippen molar-refractivity contribution in [1.29, 1.82) is 0 Å². The summed E-state index contributed by atoms with van der Waals surface area (Å²) in [6, 6.07) is 6.38. The number of nitrogens with zero attached hydrogens (tertiary/aromatic N) is 3. The highest BCUT2D eigenvalue weighted by molar-refractivity contribution is 5.87. The Labute approximate surface area is 139 Å². The highest BCUT2D eigenvalue weighted by atomic mass is 19.1. The van der Waals surface area contributed by atoms with Gasteiger partial charge in [0.25, 0.3) is 0 Å². The molecule has 1 aliphatic rings. The Bertz CT molecular complexity index is 759. The number of hydrogen-bond donors (Lipinski definition) is 2. The van der Waals surface area contributed by atoms with Crippen LogP contribution in [-0.4, -0.2) is 29.0 Å². The SMILES string of the molecule is CC(=O)Nc1nc(-c2ccc(N)c(F)c2)cc(N2CCCCC2)n1. The van der Waals surface area contributed by atoms with Crippen molar-refractivity contribution in [2.45, 2.75) is 26.2 Å². The number of carbonyl (C=O) groups excluding carboxylic acids is 1. The molecule has 0 radical (unpaired) electrons. The smallest absolute Gasteiger partial charge is 0.231 e. The van der Waals surface area contributed by atoms with E-state index < -0.39 is 5.82 Å². The molecule has 3 N–H and O–H groups in total. The van der Waals surface area contributed by atoms with Crippen molar-refractivity contribution in [2.75, 3.05) is 29.0 Å². The third-order valence-electron chi connectivity index (χ3n) is 3.98. The van der Waals surface area contributed by atoms with E-state index in [4.69, 9.17) is 5.73 Å². The summed E-state index contributed by atoms with van der Waals surface area (Å²) in [7, 11) is 0. The van der Waals surface area contributed by atoms with Gasteiger partial charge < -0.3 is 10.6 Å². The van der Waals surface area contributed by atoms with Crippen molar-refractivity contribution in [2.24, 2.45) is 0 Å². The van der Waals surface area contributed by atoms with Gasteiger partial charge in [0.1, 0.15) is 11.6 Å². The van der Waals surface area contributed by atoms with Crippen LogP contribution in [0.5, 0.6) is 0 Å². The summed E-state index contributed by atoms with van der Waals surface area (Å²) in [6.45, 7) is 3.22. The van der Waals surface area contributed by atoms with Crippen molar-refractivity contribution < 1.29 is 9.18 Å². The van der Waals surface area contributed by atoms with Gasteiger partial charge in [0.2, 0.25) is 11.9 Å². The highest BCUT2D eigenvalue weighted by Crippen LogP contribution is 2.27. The molecule has 1 aliphatic heterocycles. The van der Waals surface area contributed by atoms with E-state index in [9.17, 15) is 9.18 Å². The minimum Gasteiger partial charge on any atom is -0.396 e. The van der Waals surface area contributed by atoms with Crippen LogP contribution in [0.4, 0.5) is 21.8 Å². The maximum absolute atomic E-state index is 13.8. The fourth-order valence-corrected chi connectivity index (χ4v) is 2.77. The molecule has 3 rings (SSSR count).